The van der Waals surface area contributed by atoms with E-state index in [4.69, 9.17) is 4.74 Å². The Labute approximate surface area is 132 Å². The van der Waals surface area contributed by atoms with E-state index in [2.05, 4.69) is 11.3 Å². The van der Waals surface area contributed by atoms with Gasteiger partial charge in [0, 0.05) is 6.42 Å². The average molecular weight is 324 g/mol. The third-order valence-corrected chi connectivity index (χ3v) is 2.97. The summed E-state index contributed by atoms with van der Waals surface area (Å²) in [5, 5.41) is 18.4. The highest BCUT2D eigenvalue weighted by Gasteiger charge is 2.29. The molecular weight excluding hydrogens is 309 g/mol. The van der Waals surface area contributed by atoms with Crippen molar-refractivity contribution in [1.29, 1.82) is 10.5 Å². The van der Waals surface area contributed by atoms with Crippen molar-refractivity contribution in [2.24, 2.45) is 5.41 Å². The number of alkyl halides is 3. The Hall–Kier alpha value is -2.51. The van der Waals surface area contributed by atoms with Crippen LogP contribution >= 0.6 is 0 Å². The fourth-order valence-corrected chi connectivity index (χ4v) is 1.88. The number of hydrogen-bond acceptors (Lipinski definition) is 4. The van der Waals surface area contributed by atoms with E-state index in [-0.39, 0.29) is 19.4 Å². The molecule has 0 aliphatic heterocycles. The fourth-order valence-electron chi connectivity index (χ4n) is 1.88. The molecule has 1 aromatic carbocycles. The van der Waals surface area contributed by atoms with Crippen molar-refractivity contribution in [1.82, 2.24) is 0 Å². The van der Waals surface area contributed by atoms with E-state index in [0.29, 0.717) is 5.75 Å². The molecule has 0 atom stereocenters. The molecule has 0 heterocycles. The Balaban J connectivity index is 2.58. The molecule has 0 aromatic heterocycles. The SMILES string of the molecule is C=CCC(C#N)(C#N)Cc1ccc(OCCOC(F)(F)F)cc1. The minimum atomic E-state index is -4.67. The van der Waals surface area contributed by atoms with Crippen LogP contribution in [0.3, 0.4) is 0 Å². The maximum absolute atomic E-state index is 11.8. The first-order valence-corrected chi connectivity index (χ1v) is 6.70. The van der Waals surface area contributed by atoms with Crippen molar-refractivity contribution in [3.63, 3.8) is 0 Å². The Morgan fingerprint density at radius 3 is 2.17 bits per heavy atom. The lowest BCUT2D eigenvalue weighted by Gasteiger charge is -2.16. The van der Waals surface area contributed by atoms with E-state index >= 15 is 0 Å². The van der Waals surface area contributed by atoms with Crippen molar-refractivity contribution in [3.8, 4) is 17.9 Å². The van der Waals surface area contributed by atoms with E-state index in [1.807, 2.05) is 12.1 Å². The molecule has 23 heavy (non-hydrogen) atoms. The van der Waals surface area contributed by atoms with Crippen molar-refractivity contribution in [3.05, 3.63) is 42.5 Å². The number of ether oxygens (including phenoxy) is 2. The number of hydrogen-bond donors (Lipinski definition) is 0. The molecule has 0 radical (unpaired) electrons. The summed E-state index contributed by atoms with van der Waals surface area (Å²) in [4.78, 5) is 0. The first-order chi connectivity index (χ1) is 10.8. The van der Waals surface area contributed by atoms with Crippen molar-refractivity contribution >= 4 is 0 Å². The molecule has 0 saturated carbocycles. The predicted molar refractivity (Wildman–Crippen MR) is 76.1 cm³/mol. The van der Waals surface area contributed by atoms with Crippen LogP contribution in [0.5, 0.6) is 5.75 Å². The van der Waals surface area contributed by atoms with Crippen molar-refractivity contribution < 1.29 is 22.6 Å². The minimum absolute atomic E-state index is 0.226. The van der Waals surface area contributed by atoms with E-state index in [1.54, 1.807) is 24.3 Å². The number of nitriles is 2. The van der Waals surface area contributed by atoms with Gasteiger partial charge in [0.15, 0.2) is 5.41 Å². The van der Waals surface area contributed by atoms with Crippen molar-refractivity contribution in [2.45, 2.75) is 19.2 Å². The first kappa shape index (κ1) is 18.5. The van der Waals surface area contributed by atoms with Crippen LogP contribution in [0.2, 0.25) is 0 Å². The molecule has 1 rings (SSSR count). The van der Waals surface area contributed by atoms with Gasteiger partial charge in [-0.15, -0.1) is 19.8 Å². The number of halogens is 3. The fraction of sp³-hybridized carbons (Fsp3) is 0.375. The zero-order chi connectivity index (χ0) is 17.3. The Morgan fingerprint density at radius 2 is 1.70 bits per heavy atom. The van der Waals surface area contributed by atoms with Crippen LogP contribution < -0.4 is 4.74 Å². The topological polar surface area (TPSA) is 66.0 Å². The number of allylic oxidation sites excluding steroid dienone is 1. The molecule has 0 saturated heterocycles. The lowest BCUT2D eigenvalue weighted by atomic mass is 9.81. The highest BCUT2D eigenvalue weighted by atomic mass is 19.4. The van der Waals surface area contributed by atoms with Gasteiger partial charge in [0.25, 0.3) is 0 Å². The Bertz CT molecular complexity index is 584. The molecule has 1 aromatic rings. The van der Waals surface area contributed by atoms with Gasteiger partial charge in [-0.25, -0.2) is 0 Å². The normalized spacial score (nSPS) is 11.3. The van der Waals surface area contributed by atoms with Crippen LogP contribution in [-0.2, 0) is 11.2 Å². The van der Waals surface area contributed by atoms with Gasteiger partial charge >= 0.3 is 6.36 Å². The Morgan fingerprint density at radius 1 is 1.09 bits per heavy atom. The molecule has 0 aliphatic carbocycles. The summed E-state index contributed by atoms with van der Waals surface area (Å²) in [6.07, 6.45) is -2.68. The van der Waals surface area contributed by atoms with E-state index in [1.165, 1.54) is 6.08 Å². The van der Waals surface area contributed by atoms with Crippen LogP contribution in [-0.4, -0.2) is 19.6 Å². The third kappa shape index (κ3) is 6.41. The first-order valence-electron chi connectivity index (χ1n) is 6.70. The predicted octanol–water partition coefficient (Wildman–Crippen LogP) is 3.75. The molecule has 0 N–H and O–H groups in total. The van der Waals surface area contributed by atoms with Crippen LogP contribution in [0.1, 0.15) is 12.0 Å². The van der Waals surface area contributed by atoms with Gasteiger partial charge in [-0.3, -0.25) is 4.74 Å². The second kappa shape index (κ2) is 8.21. The lowest BCUT2D eigenvalue weighted by molar-refractivity contribution is -0.325. The number of rotatable bonds is 8. The standard InChI is InChI=1S/C16H15F3N2O2/c1-2-7-15(11-20,12-21)10-13-3-5-14(6-4-13)22-8-9-23-16(17,18)19/h2-6H,1,7-10H2. The van der Waals surface area contributed by atoms with Crippen molar-refractivity contribution in [2.75, 3.05) is 13.2 Å². The molecule has 0 aliphatic rings. The van der Waals surface area contributed by atoms with Crippen LogP contribution in [0, 0.1) is 28.1 Å². The smallest absolute Gasteiger partial charge is 0.491 e. The monoisotopic (exact) mass is 324 g/mol. The molecule has 0 unspecified atom stereocenters. The van der Waals surface area contributed by atoms with Gasteiger partial charge in [-0.1, -0.05) is 18.2 Å². The molecule has 4 nitrogen and oxygen atoms in total. The van der Waals surface area contributed by atoms with Gasteiger partial charge in [0.05, 0.1) is 18.7 Å². The maximum Gasteiger partial charge on any atom is 0.522 e. The summed E-state index contributed by atoms with van der Waals surface area (Å²) < 4.78 is 44.1. The maximum atomic E-state index is 11.8. The molecule has 0 spiro atoms. The second-order valence-corrected chi connectivity index (χ2v) is 4.76. The highest BCUT2D eigenvalue weighted by molar-refractivity contribution is 5.31. The molecule has 0 amide bonds. The summed E-state index contributed by atoms with van der Waals surface area (Å²) in [6, 6.07) is 10.4. The van der Waals surface area contributed by atoms with Crippen LogP contribution in [0.4, 0.5) is 13.2 Å². The summed E-state index contributed by atoms with van der Waals surface area (Å²) in [5.74, 6) is 0.378. The minimum Gasteiger partial charge on any atom is -0.491 e. The van der Waals surface area contributed by atoms with E-state index in [0.717, 1.165) is 5.56 Å². The second-order valence-electron chi connectivity index (χ2n) is 4.76. The summed E-state index contributed by atoms with van der Waals surface area (Å²) in [5.41, 5.74) is -0.432. The van der Waals surface area contributed by atoms with E-state index < -0.39 is 18.4 Å². The largest absolute Gasteiger partial charge is 0.522 e. The molecular formula is C16H15F3N2O2. The van der Waals surface area contributed by atoms with Gasteiger partial charge in [0.1, 0.15) is 12.4 Å². The summed E-state index contributed by atoms with van der Waals surface area (Å²) >= 11 is 0. The summed E-state index contributed by atoms with van der Waals surface area (Å²) in [7, 11) is 0. The van der Waals surface area contributed by atoms with Gasteiger partial charge in [-0.2, -0.15) is 10.5 Å². The lowest BCUT2D eigenvalue weighted by Crippen LogP contribution is -2.19. The van der Waals surface area contributed by atoms with Gasteiger partial charge < -0.3 is 4.74 Å². The molecule has 0 fully saturated rings. The highest BCUT2D eigenvalue weighted by Crippen LogP contribution is 2.27. The van der Waals surface area contributed by atoms with Gasteiger partial charge in [-0.05, 0) is 24.1 Å². The van der Waals surface area contributed by atoms with E-state index in [9.17, 15) is 23.7 Å². The number of benzene rings is 1. The molecule has 7 heteroatoms. The average Bonchev–Trinajstić information content (AvgIpc) is 2.51. The Kier molecular flexibility index (Phi) is 6.62. The molecule has 0 bridgehead atoms. The quantitative estimate of drug-likeness (QED) is 0.539. The van der Waals surface area contributed by atoms with Crippen LogP contribution in [0.25, 0.3) is 0 Å². The zero-order valence-corrected chi connectivity index (χ0v) is 12.3. The van der Waals surface area contributed by atoms with Crippen LogP contribution in [0.15, 0.2) is 36.9 Å². The number of nitrogens with zero attached hydrogens (tertiary/aromatic N) is 2. The molecule has 122 valence electrons. The third-order valence-electron chi connectivity index (χ3n) is 2.97. The zero-order valence-electron chi connectivity index (χ0n) is 12.3. The van der Waals surface area contributed by atoms with Gasteiger partial charge in [0.2, 0.25) is 0 Å². The summed E-state index contributed by atoms with van der Waals surface area (Å²) in [6.45, 7) is 2.70.